The molecule has 7 heteroatoms. The predicted molar refractivity (Wildman–Crippen MR) is 81.7 cm³/mol. The molecule has 24 heavy (non-hydrogen) atoms. The number of hydrogen-bond donors (Lipinski definition) is 0. The number of nitriles is 1. The van der Waals surface area contributed by atoms with Crippen LogP contribution in [0.5, 0.6) is 0 Å². The van der Waals surface area contributed by atoms with Gasteiger partial charge >= 0.3 is 29.6 Å². The monoisotopic (exact) mass is 326 g/mol. The number of carbonyl (C=O) groups excluding carboxylic acids is 1. The molecule has 3 aromatic heterocycles. The van der Waals surface area contributed by atoms with Crippen LogP contribution in [0.15, 0.2) is 54.5 Å². The van der Waals surface area contributed by atoms with Gasteiger partial charge in [0.15, 0.2) is 0 Å². The average Bonchev–Trinajstić information content (AvgIpc) is 2.91. The average molecular weight is 326 g/mol. The van der Waals surface area contributed by atoms with Crippen LogP contribution in [-0.4, -0.2) is 20.5 Å². The van der Waals surface area contributed by atoms with Gasteiger partial charge in [0.25, 0.3) is 0 Å². The molecular weight excluding hydrogens is 315 g/mol. The smallest absolute Gasteiger partial charge is 0.544 e. The summed E-state index contributed by atoms with van der Waals surface area (Å²) in [5, 5.41) is 20.6. The number of hydrogen-bond acceptors (Lipinski definition) is 5. The molecule has 0 N–H and O–H groups in total. The minimum atomic E-state index is -1.50. The molecule has 0 fully saturated rings. The number of aliphatic carboxylic acids is 1. The maximum Gasteiger partial charge on any atom is 1.00 e. The molecule has 3 rings (SSSR count). The molecule has 0 aliphatic rings. The summed E-state index contributed by atoms with van der Waals surface area (Å²) in [6, 6.07) is 10.8. The molecule has 112 valence electrons. The zero-order valence-corrected chi connectivity index (χ0v) is 15.0. The maximum absolute atomic E-state index is 10.9. The normalized spacial score (nSPS) is 10.9. The molecule has 0 unspecified atom stereocenters. The standard InChI is InChI=1S/C17H12N4O2.Na/c18-9-12(17(22)23)8-13-10-21(11-14-4-1-2-6-19-14)16-15(13)5-3-7-20-16;/h1-8,10H,11H2,(H,22,23);/q;+1/p-1/b12-8+;. The first-order chi connectivity index (χ1) is 11.2. The largest absolute Gasteiger partial charge is 1.00 e. The van der Waals surface area contributed by atoms with E-state index in [0.717, 1.165) is 11.1 Å². The molecule has 0 aliphatic heterocycles. The third-order valence-electron chi connectivity index (χ3n) is 3.36. The Morgan fingerprint density at radius 1 is 1.25 bits per heavy atom. The Morgan fingerprint density at radius 2 is 2.04 bits per heavy atom. The van der Waals surface area contributed by atoms with Gasteiger partial charge in [-0.3, -0.25) is 4.98 Å². The second-order valence-corrected chi connectivity index (χ2v) is 4.87. The first-order valence-electron chi connectivity index (χ1n) is 6.86. The van der Waals surface area contributed by atoms with E-state index >= 15 is 0 Å². The molecule has 0 atom stereocenters. The minimum Gasteiger partial charge on any atom is -0.544 e. The van der Waals surface area contributed by atoms with Crippen LogP contribution in [0.4, 0.5) is 0 Å². The van der Waals surface area contributed by atoms with Crippen molar-refractivity contribution >= 4 is 23.1 Å². The third-order valence-corrected chi connectivity index (χ3v) is 3.36. The molecule has 0 spiro atoms. The topological polar surface area (TPSA) is 94.6 Å². The van der Waals surface area contributed by atoms with Gasteiger partial charge in [-0.15, -0.1) is 0 Å². The van der Waals surface area contributed by atoms with Gasteiger partial charge in [-0.25, -0.2) is 4.98 Å². The molecule has 0 saturated heterocycles. The number of carboxylic acid groups (broad SMARTS) is 1. The molecule has 0 aromatic carbocycles. The van der Waals surface area contributed by atoms with E-state index < -0.39 is 11.5 Å². The Kier molecular flexibility index (Phi) is 5.88. The van der Waals surface area contributed by atoms with E-state index in [9.17, 15) is 9.90 Å². The first-order valence-corrected chi connectivity index (χ1v) is 6.86. The number of carbonyl (C=O) groups is 1. The van der Waals surface area contributed by atoms with E-state index in [-0.39, 0.29) is 29.6 Å². The van der Waals surface area contributed by atoms with E-state index in [0.29, 0.717) is 17.8 Å². The number of rotatable bonds is 4. The molecule has 3 heterocycles. The molecule has 0 radical (unpaired) electrons. The van der Waals surface area contributed by atoms with Crippen molar-refractivity contribution in [1.82, 2.24) is 14.5 Å². The van der Waals surface area contributed by atoms with Crippen molar-refractivity contribution in [1.29, 1.82) is 5.26 Å². The Bertz CT molecular complexity index is 942. The molecule has 0 bridgehead atoms. The second kappa shape index (κ2) is 7.88. The Labute approximate surface area is 160 Å². The van der Waals surface area contributed by atoms with Gasteiger partial charge in [-0.2, -0.15) is 5.26 Å². The Hall–Kier alpha value is -2.46. The van der Waals surface area contributed by atoms with Crippen molar-refractivity contribution in [2.75, 3.05) is 0 Å². The fraction of sp³-hybridized carbons (Fsp3) is 0.0588. The fourth-order valence-electron chi connectivity index (χ4n) is 2.34. The van der Waals surface area contributed by atoms with Crippen LogP contribution in [0, 0.1) is 11.3 Å². The summed E-state index contributed by atoms with van der Waals surface area (Å²) >= 11 is 0. The van der Waals surface area contributed by atoms with Gasteiger partial charge in [-0.05, 0) is 30.3 Å². The minimum absolute atomic E-state index is 0. The maximum atomic E-state index is 10.9. The molecule has 6 nitrogen and oxygen atoms in total. The van der Waals surface area contributed by atoms with E-state index in [1.165, 1.54) is 6.08 Å². The van der Waals surface area contributed by atoms with Crippen LogP contribution in [0.3, 0.4) is 0 Å². The summed E-state index contributed by atoms with van der Waals surface area (Å²) in [6.45, 7) is 0.495. The molecule has 0 aliphatic carbocycles. The number of aromatic nitrogens is 3. The van der Waals surface area contributed by atoms with Gasteiger partial charge in [0.05, 0.1) is 23.8 Å². The van der Waals surface area contributed by atoms with Crippen molar-refractivity contribution in [2.24, 2.45) is 0 Å². The zero-order valence-electron chi connectivity index (χ0n) is 13.0. The van der Waals surface area contributed by atoms with Crippen LogP contribution >= 0.6 is 0 Å². The number of pyridine rings is 2. The first kappa shape index (κ1) is 17.9. The van der Waals surface area contributed by atoms with E-state index in [4.69, 9.17) is 5.26 Å². The third kappa shape index (κ3) is 3.71. The molecular formula is C17H11N4NaO2. The van der Waals surface area contributed by atoms with Crippen LogP contribution in [0.25, 0.3) is 17.1 Å². The summed E-state index contributed by atoms with van der Waals surface area (Å²) in [6.07, 6.45) is 6.43. The van der Waals surface area contributed by atoms with Crippen molar-refractivity contribution in [3.63, 3.8) is 0 Å². The van der Waals surface area contributed by atoms with Gasteiger partial charge in [0.2, 0.25) is 0 Å². The van der Waals surface area contributed by atoms with Gasteiger partial charge in [-0.1, -0.05) is 6.07 Å². The van der Waals surface area contributed by atoms with Gasteiger partial charge in [0.1, 0.15) is 11.7 Å². The van der Waals surface area contributed by atoms with Gasteiger partial charge < -0.3 is 14.5 Å². The fourth-order valence-corrected chi connectivity index (χ4v) is 2.34. The molecule has 0 amide bonds. The quantitative estimate of drug-likeness (QED) is 0.318. The van der Waals surface area contributed by atoms with Crippen LogP contribution < -0.4 is 34.7 Å². The summed E-state index contributed by atoms with van der Waals surface area (Å²) in [4.78, 5) is 19.5. The van der Waals surface area contributed by atoms with E-state index in [2.05, 4.69) is 9.97 Å². The number of nitrogens with zero attached hydrogens (tertiary/aromatic N) is 4. The number of carboxylic acids is 1. The van der Waals surface area contributed by atoms with Crippen molar-refractivity contribution in [3.05, 3.63) is 65.8 Å². The summed E-state index contributed by atoms with van der Waals surface area (Å²) in [5.74, 6) is -1.50. The second-order valence-electron chi connectivity index (χ2n) is 4.87. The zero-order chi connectivity index (χ0) is 16.2. The van der Waals surface area contributed by atoms with Crippen molar-refractivity contribution in [2.45, 2.75) is 6.54 Å². The van der Waals surface area contributed by atoms with Crippen molar-refractivity contribution < 1.29 is 39.5 Å². The Morgan fingerprint density at radius 3 is 2.71 bits per heavy atom. The predicted octanol–water partition coefficient (Wildman–Crippen LogP) is -1.86. The molecule has 0 saturated carbocycles. The van der Waals surface area contributed by atoms with Crippen molar-refractivity contribution in [3.8, 4) is 6.07 Å². The van der Waals surface area contributed by atoms with Crippen LogP contribution in [0.1, 0.15) is 11.3 Å². The summed E-state index contributed by atoms with van der Waals surface area (Å²) < 4.78 is 1.87. The van der Waals surface area contributed by atoms with E-state index in [1.807, 2.05) is 28.8 Å². The van der Waals surface area contributed by atoms with Gasteiger partial charge in [0, 0.05) is 29.5 Å². The Balaban J connectivity index is 0.00000208. The van der Waals surface area contributed by atoms with E-state index in [1.54, 1.807) is 30.7 Å². The molecule has 3 aromatic rings. The number of fused-ring (bicyclic) bond motifs is 1. The SMILES string of the molecule is N#C/C(=C\c1cn(Cc2ccccn2)c2ncccc12)C(=O)[O-].[Na+]. The van der Waals surface area contributed by atoms with Crippen LogP contribution in [-0.2, 0) is 11.3 Å². The summed E-state index contributed by atoms with van der Waals surface area (Å²) in [5.41, 5.74) is 1.72. The summed E-state index contributed by atoms with van der Waals surface area (Å²) in [7, 11) is 0. The van der Waals surface area contributed by atoms with Crippen LogP contribution in [0.2, 0.25) is 0 Å².